The van der Waals surface area contributed by atoms with Crippen LogP contribution in [0.2, 0.25) is 0 Å². The maximum atomic E-state index is 2.43. The maximum Gasteiger partial charge on any atom is 0.0109 e. The van der Waals surface area contributed by atoms with Gasteiger partial charge in [-0.05, 0) is 30.6 Å². The van der Waals surface area contributed by atoms with Gasteiger partial charge >= 0.3 is 0 Å². The van der Waals surface area contributed by atoms with Crippen LogP contribution in [0.1, 0.15) is 19.3 Å². The first-order chi connectivity index (χ1) is 6.47. The van der Waals surface area contributed by atoms with Crippen LogP contribution < -0.4 is 0 Å². The summed E-state index contributed by atoms with van der Waals surface area (Å²) < 4.78 is 0. The van der Waals surface area contributed by atoms with E-state index < -0.39 is 0 Å². The van der Waals surface area contributed by atoms with Crippen molar-refractivity contribution in [2.45, 2.75) is 19.3 Å². The summed E-state index contributed by atoms with van der Waals surface area (Å²) in [5, 5.41) is 0. The van der Waals surface area contributed by atoms with E-state index in [-0.39, 0.29) is 0 Å². The minimum absolute atomic E-state index is 0.688. The first-order valence-corrected chi connectivity index (χ1v) is 6.25. The van der Waals surface area contributed by atoms with Crippen LogP contribution in [0, 0.1) is 5.92 Å². The summed E-state index contributed by atoms with van der Waals surface area (Å²) in [5.74, 6) is 3.30. The van der Waals surface area contributed by atoms with Crippen molar-refractivity contribution >= 4 is 11.8 Å². The van der Waals surface area contributed by atoms with E-state index in [1.165, 1.54) is 36.3 Å². The second-order valence-electron chi connectivity index (χ2n) is 3.63. The average molecular weight is 192 g/mol. The molecule has 0 saturated heterocycles. The van der Waals surface area contributed by atoms with Crippen molar-refractivity contribution in [1.82, 2.24) is 0 Å². The van der Waals surface area contributed by atoms with Gasteiger partial charge in [0.15, 0.2) is 0 Å². The molecule has 0 aromatic rings. The lowest BCUT2D eigenvalue weighted by molar-refractivity contribution is 0.816. The first-order valence-electron chi connectivity index (χ1n) is 5.09. The Morgan fingerprint density at radius 1 is 1.23 bits per heavy atom. The van der Waals surface area contributed by atoms with Crippen molar-refractivity contribution in [1.29, 1.82) is 0 Å². The van der Waals surface area contributed by atoms with E-state index >= 15 is 0 Å². The predicted octanol–water partition coefficient (Wildman–Crippen LogP) is 3.57. The Hall–Kier alpha value is -0.430. The smallest absolute Gasteiger partial charge is 0.0109 e. The van der Waals surface area contributed by atoms with Crippen molar-refractivity contribution < 1.29 is 0 Å². The normalized spacial score (nSPS) is 32.3. The van der Waals surface area contributed by atoms with Gasteiger partial charge in [0.1, 0.15) is 0 Å². The van der Waals surface area contributed by atoms with E-state index in [0.29, 0.717) is 5.92 Å². The van der Waals surface area contributed by atoms with Gasteiger partial charge in [0.2, 0.25) is 0 Å². The van der Waals surface area contributed by atoms with Crippen LogP contribution in [0.4, 0.5) is 0 Å². The lowest BCUT2D eigenvalue weighted by atomic mass is 9.95. The summed E-state index contributed by atoms with van der Waals surface area (Å²) >= 11 is 2.10. The Kier molecular flexibility index (Phi) is 3.31. The topological polar surface area (TPSA) is 0 Å². The zero-order valence-electron chi connectivity index (χ0n) is 7.91. The van der Waals surface area contributed by atoms with E-state index in [9.17, 15) is 0 Å². The third-order valence-corrected chi connectivity index (χ3v) is 3.76. The van der Waals surface area contributed by atoms with Gasteiger partial charge in [-0.2, -0.15) is 11.8 Å². The monoisotopic (exact) mass is 192 g/mol. The fraction of sp³-hybridized carbons (Fsp3) is 0.500. The first kappa shape index (κ1) is 9.14. The van der Waals surface area contributed by atoms with Gasteiger partial charge in [-0.1, -0.05) is 30.4 Å². The van der Waals surface area contributed by atoms with Crippen LogP contribution in [-0.2, 0) is 0 Å². The molecule has 0 N–H and O–H groups in total. The molecule has 0 fully saturated rings. The quantitative estimate of drug-likeness (QED) is 0.565. The second-order valence-corrected chi connectivity index (χ2v) is 4.78. The number of thioether (sulfide) groups is 1. The minimum Gasteiger partial charge on any atom is -0.161 e. The molecule has 2 aliphatic rings. The van der Waals surface area contributed by atoms with Crippen LogP contribution in [0.25, 0.3) is 0 Å². The molecule has 1 aliphatic heterocycles. The third-order valence-electron chi connectivity index (χ3n) is 2.59. The summed E-state index contributed by atoms with van der Waals surface area (Å²) in [4.78, 5) is 0. The Balaban J connectivity index is 2.10. The molecule has 0 bridgehead atoms. The van der Waals surface area contributed by atoms with Crippen molar-refractivity contribution in [3.63, 3.8) is 0 Å². The van der Waals surface area contributed by atoms with Crippen molar-refractivity contribution in [3.8, 4) is 0 Å². The van der Waals surface area contributed by atoms with Crippen LogP contribution in [-0.4, -0.2) is 11.5 Å². The molecule has 13 heavy (non-hydrogen) atoms. The Morgan fingerprint density at radius 3 is 3.23 bits per heavy atom. The standard InChI is InChI=1S/C12H16S/c1-2-6-11-7-3-4-8-12(11)10-13-9-5-1/h3-4,6-8,12H,1-2,5,9-10H2/b11-6-. The SMILES string of the molecule is C1=C/C2=C/CCCCSCC2C=C1. The van der Waals surface area contributed by atoms with E-state index in [1.807, 2.05) is 0 Å². The molecule has 0 aromatic carbocycles. The lowest BCUT2D eigenvalue weighted by Gasteiger charge is -2.15. The van der Waals surface area contributed by atoms with E-state index in [0.717, 1.165) is 0 Å². The van der Waals surface area contributed by atoms with Gasteiger partial charge in [0.25, 0.3) is 0 Å². The predicted molar refractivity (Wildman–Crippen MR) is 61.0 cm³/mol. The molecule has 0 aromatic heterocycles. The zero-order chi connectivity index (χ0) is 8.93. The number of hydrogen-bond donors (Lipinski definition) is 0. The van der Waals surface area contributed by atoms with Gasteiger partial charge in [-0.3, -0.25) is 0 Å². The molecule has 0 amide bonds. The van der Waals surface area contributed by atoms with E-state index in [1.54, 1.807) is 0 Å². The van der Waals surface area contributed by atoms with Crippen molar-refractivity contribution in [2.75, 3.05) is 11.5 Å². The molecule has 2 rings (SSSR count). The van der Waals surface area contributed by atoms with Crippen LogP contribution in [0.5, 0.6) is 0 Å². The highest BCUT2D eigenvalue weighted by Crippen LogP contribution is 2.26. The highest BCUT2D eigenvalue weighted by Gasteiger charge is 2.11. The molecule has 1 heterocycles. The molecule has 1 atom stereocenters. The average Bonchev–Trinajstić information content (AvgIpc) is 2.28. The Labute approximate surface area is 84.8 Å². The molecule has 1 unspecified atom stereocenters. The summed E-state index contributed by atoms with van der Waals surface area (Å²) in [6, 6.07) is 0. The number of fused-ring (bicyclic) bond motifs is 1. The highest BCUT2D eigenvalue weighted by molar-refractivity contribution is 7.99. The van der Waals surface area contributed by atoms with Gasteiger partial charge in [0, 0.05) is 11.7 Å². The summed E-state index contributed by atoms with van der Waals surface area (Å²) in [6.45, 7) is 0. The largest absolute Gasteiger partial charge is 0.161 e. The van der Waals surface area contributed by atoms with E-state index in [4.69, 9.17) is 0 Å². The number of allylic oxidation sites excluding steroid dienone is 6. The molecule has 70 valence electrons. The lowest BCUT2D eigenvalue weighted by Crippen LogP contribution is -2.04. The van der Waals surface area contributed by atoms with Crippen molar-refractivity contribution in [2.24, 2.45) is 5.92 Å². The Bertz CT molecular complexity index is 248. The molecular weight excluding hydrogens is 176 g/mol. The number of rotatable bonds is 0. The van der Waals surface area contributed by atoms with Crippen molar-refractivity contribution in [3.05, 3.63) is 36.0 Å². The highest BCUT2D eigenvalue weighted by atomic mass is 32.2. The fourth-order valence-corrected chi connectivity index (χ4v) is 2.93. The summed E-state index contributed by atoms with van der Waals surface area (Å²) in [7, 11) is 0. The molecule has 0 radical (unpaired) electrons. The minimum atomic E-state index is 0.688. The van der Waals surface area contributed by atoms with Gasteiger partial charge < -0.3 is 0 Å². The molecule has 0 nitrogen and oxygen atoms in total. The van der Waals surface area contributed by atoms with Crippen LogP contribution >= 0.6 is 11.8 Å². The molecule has 1 aliphatic carbocycles. The van der Waals surface area contributed by atoms with Gasteiger partial charge in [-0.15, -0.1) is 0 Å². The zero-order valence-corrected chi connectivity index (χ0v) is 8.72. The molecule has 0 saturated carbocycles. The number of hydrogen-bond acceptors (Lipinski definition) is 1. The third kappa shape index (κ3) is 2.50. The Morgan fingerprint density at radius 2 is 2.23 bits per heavy atom. The summed E-state index contributed by atoms with van der Waals surface area (Å²) in [6.07, 6.45) is 15.4. The molecular formula is C12H16S. The van der Waals surface area contributed by atoms with Gasteiger partial charge in [-0.25, -0.2) is 0 Å². The molecule has 1 heteroatoms. The molecule has 0 spiro atoms. The summed E-state index contributed by atoms with van der Waals surface area (Å²) in [5.41, 5.74) is 1.54. The van der Waals surface area contributed by atoms with Crippen LogP contribution in [0.3, 0.4) is 0 Å². The van der Waals surface area contributed by atoms with E-state index in [2.05, 4.69) is 42.1 Å². The maximum absolute atomic E-state index is 2.43. The van der Waals surface area contributed by atoms with Crippen LogP contribution in [0.15, 0.2) is 36.0 Å². The van der Waals surface area contributed by atoms with Gasteiger partial charge in [0.05, 0.1) is 0 Å². The fourth-order valence-electron chi connectivity index (χ4n) is 1.80. The second kappa shape index (κ2) is 4.71.